The van der Waals surface area contributed by atoms with E-state index in [1.54, 1.807) is 0 Å². The van der Waals surface area contributed by atoms with Crippen LogP contribution in [0, 0.1) is 5.92 Å². The van der Waals surface area contributed by atoms with Crippen molar-refractivity contribution in [2.75, 3.05) is 5.01 Å². The lowest BCUT2D eigenvalue weighted by Gasteiger charge is -2.32. The summed E-state index contributed by atoms with van der Waals surface area (Å²) in [5, 5.41) is 6.11. The van der Waals surface area contributed by atoms with Crippen LogP contribution in [0.1, 0.15) is 27.2 Å². The summed E-state index contributed by atoms with van der Waals surface area (Å²) in [5.41, 5.74) is 4.44. The number of hydrazine groups is 1. The predicted molar refractivity (Wildman–Crippen MR) is 75.7 cm³/mol. The number of nitrogens with zero attached hydrogens (tertiary/aromatic N) is 1. The third kappa shape index (κ3) is 2.15. The number of benzene rings is 1. The average Bonchev–Trinajstić information content (AvgIpc) is 2.69. The minimum absolute atomic E-state index is 0.132. The van der Waals surface area contributed by atoms with Crippen molar-refractivity contribution < 1.29 is 0 Å². The molecule has 2 N–H and O–H groups in total. The molecular formula is C13H19N3S. The van der Waals surface area contributed by atoms with Crippen molar-refractivity contribution in [2.45, 2.75) is 32.9 Å². The normalized spacial score (nSPS) is 24.2. The molecule has 1 heterocycles. The first-order chi connectivity index (χ1) is 8.09. The summed E-state index contributed by atoms with van der Waals surface area (Å²) in [6, 6.07) is 10.1. The van der Waals surface area contributed by atoms with Gasteiger partial charge in [-0.05, 0) is 36.7 Å². The molecule has 1 fully saturated rings. The van der Waals surface area contributed by atoms with Crippen LogP contribution in [0.25, 0.3) is 0 Å². The molecule has 17 heavy (non-hydrogen) atoms. The number of nitrogens with one attached hydrogen (secondary N) is 2. The highest BCUT2D eigenvalue weighted by Gasteiger charge is 2.41. The lowest BCUT2D eigenvalue weighted by atomic mass is 9.94. The molecule has 1 aliphatic heterocycles. The van der Waals surface area contributed by atoms with Gasteiger partial charge in [0, 0.05) is 0 Å². The van der Waals surface area contributed by atoms with E-state index in [0.29, 0.717) is 5.92 Å². The Morgan fingerprint density at radius 2 is 1.94 bits per heavy atom. The number of para-hydroxylation sites is 1. The van der Waals surface area contributed by atoms with Crippen LogP contribution in [-0.4, -0.2) is 10.8 Å². The van der Waals surface area contributed by atoms with Crippen LogP contribution in [-0.2, 0) is 0 Å². The van der Waals surface area contributed by atoms with E-state index < -0.39 is 0 Å². The number of anilines is 1. The molecule has 1 aromatic carbocycles. The first-order valence-corrected chi connectivity index (χ1v) is 6.45. The van der Waals surface area contributed by atoms with Gasteiger partial charge in [0.2, 0.25) is 0 Å². The Morgan fingerprint density at radius 1 is 1.29 bits per heavy atom. The molecule has 3 nitrogen and oxygen atoms in total. The standard InChI is InChI=1S/C13H19N3S/c1-4-13(10(2)3)14-12(17)16(15-13)11-8-6-5-7-9-11/h5-10,15H,4H2,1-3H3,(H,14,17)/t13-/m1/s1. The van der Waals surface area contributed by atoms with Crippen molar-refractivity contribution in [1.82, 2.24) is 10.7 Å². The lowest BCUT2D eigenvalue weighted by Crippen LogP contribution is -2.54. The van der Waals surface area contributed by atoms with Crippen molar-refractivity contribution in [3.63, 3.8) is 0 Å². The molecule has 1 aliphatic rings. The summed E-state index contributed by atoms with van der Waals surface area (Å²) in [6.07, 6.45) is 0.980. The van der Waals surface area contributed by atoms with Crippen molar-refractivity contribution >= 4 is 23.0 Å². The molecule has 0 unspecified atom stereocenters. The molecule has 0 amide bonds. The summed E-state index contributed by atoms with van der Waals surface area (Å²) in [5.74, 6) is 0.458. The number of rotatable bonds is 3. The largest absolute Gasteiger partial charge is 0.341 e. The second-order valence-electron chi connectivity index (χ2n) is 4.69. The average molecular weight is 249 g/mol. The molecule has 0 aliphatic carbocycles. The second kappa shape index (κ2) is 4.63. The minimum Gasteiger partial charge on any atom is -0.341 e. The molecule has 92 valence electrons. The van der Waals surface area contributed by atoms with Gasteiger partial charge in [0.25, 0.3) is 0 Å². The van der Waals surface area contributed by atoms with Crippen molar-refractivity contribution in [3.05, 3.63) is 30.3 Å². The van der Waals surface area contributed by atoms with E-state index >= 15 is 0 Å². The fourth-order valence-electron chi connectivity index (χ4n) is 2.13. The van der Waals surface area contributed by atoms with Crippen LogP contribution in [0.15, 0.2) is 30.3 Å². The zero-order valence-electron chi connectivity index (χ0n) is 10.5. The second-order valence-corrected chi connectivity index (χ2v) is 5.08. The van der Waals surface area contributed by atoms with Crippen molar-refractivity contribution in [1.29, 1.82) is 0 Å². The Balaban J connectivity index is 2.26. The summed E-state index contributed by atoms with van der Waals surface area (Å²) < 4.78 is 0. The maximum Gasteiger partial charge on any atom is 0.189 e. The number of thiocarbonyl (C=S) groups is 1. The topological polar surface area (TPSA) is 27.3 Å². The van der Waals surface area contributed by atoms with E-state index in [1.165, 1.54) is 0 Å². The maximum atomic E-state index is 5.41. The zero-order chi connectivity index (χ0) is 12.5. The van der Waals surface area contributed by atoms with Crippen LogP contribution in [0.2, 0.25) is 0 Å². The predicted octanol–water partition coefficient (Wildman–Crippen LogP) is 2.65. The highest BCUT2D eigenvalue weighted by Crippen LogP contribution is 2.26. The first-order valence-electron chi connectivity index (χ1n) is 6.04. The highest BCUT2D eigenvalue weighted by atomic mass is 32.1. The molecule has 1 saturated heterocycles. The molecule has 0 radical (unpaired) electrons. The minimum atomic E-state index is -0.132. The summed E-state index contributed by atoms with van der Waals surface area (Å²) in [4.78, 5) is 0. The van der Waals surface area contributed by atoms with Crippen LogP contribution >= 0.6 is 12.2 Å². The van der Waals surface area contributed by atoms with Gasteiger partial charge in [-0.25, -0.2) is 5.43 Å². The van der Waals surface area contributed by atoms with Gasteiger partial charge in [-0.15, -0.1) is 0 Å². The molecule has 0 bridgehead atoms. The van der Waals surface area contributed by atoms with Crippen LogP contribution in [0.5, 0.6) is 0 Å². The smallest absolute Gasteiger partial charge is 0.189 e. The van der Waals surface area contributed by atoms with E-state index in [1.807, 2.05) is 35.3 Å². The maximum absolute atomic E-state index is 5.41. The summed E-state index contributed by atoms with van der Waals surface area (Å²) in [7, 11) is 0. The fraction of sp³-hybridized carbons (Fsp3) is 0.462. The van der Waals surface area contributed by atoms with E-state index in [4.69, 9.17) is 12.2 Å². The van der Waals surface area contributed by atoms with E-state index in [9.17, 15) is 0 Å². The molecule has 4 heteroatoms. The van der Waals surface area contributed by atoms with Crippen molar-refractivity contribution in [2.24, 2.45) is 5.92 Å². The van der Waals surface area contributed by atoms with E-state index in [2.05, 4.69) is 31.5 Å². The van der Waals surface area contributed by atoms with Gasteiger partial charge in [-0.1, -0.05) is 39.0 Å². The third-order valence-corrected chi connectivity index (χ3v) is 3.69. The first kappa shape index (κ1) is 12.3. The molecule has 0 saturated carbocycles. The Labute approximate surface area is 108 Å². The Bertz CT molecular complexity index is 404. The van der Waals surface area contributed by atoms with E-state index in [-0.39, 0.29) is 5.66 Å². The molecule has 1 atom stereocenters. The Hall–Kier alpha value is -1.13. The fourth-order valence-corrected chi connectivity index (χ4v) is 2.47. The lowest BCUT2D eigenvalue weighted by molar-refractivity contribution is 0.234. The molecule has 0 aromatic heterocycles. The zero-order valence-corrected chi connectivity index (χ0v) is 11.3. The van der Waals surface area contributed by atoms with Crippen molar-refractivity contribution in [3.8, 4) is 0 Å². The Morgan fingerprint density at radius 3 is 2.41 bits per heavy atom. The van der Waals surface area contributed by atoms with Gasteiger partial charge >= 0.3 is 0 Å². The molecular weight excluding hydrogens is 230 g/mol. The number of hydrogen-bond acceptors (Lipinski definition) is 2. The quantitative estimate of drug-likeness (QED) is 0.805. The van der Waals surface area contributed by atoms with Crippen LogP contribution in [0.3, 0.4) is 0 Å². The van der Waals surface area contributed by atoms with Gasteiger partial charge < -0.3 is 5.32 Å². The molecule has 0 spiro atoms. The van der Waals surface area contributed by atoms with Crippen LogP contribution < -0.4 is 15.8 Å². The summed E-state index contributed by atoms with van der Waals surface area (Å²) >= 11 is 5.41. The van der Waals surface area contributed by atoms with Gasteiger partial charge in [-0.2, -0.15) is 0 Å². The van der Waals surface area contributed by atoms with Crippen LogP contribution in [0.4, 0.5) is 5.69 Å². The van der Waals surface area contributed by atoms with Gasteiger partial charge in [0.05, 0.1) is 5.69 Å². The monoisotopic (exact) mass is 249 g/mol. The molecule has 2 rings (SSSR count). The third-order valence-electron chi connectivity index (χ3n) is 3.40. The van der Waals surface area contributed by atoms with E-state index in [0.717, 1.165) is 17.2 Å². The highest BCUT2D eigenvalue weighted by molar-refractivity contribution is 7.80. The van der Waals surface area contributed by atoms with Gasteiger partial charge in [0.1, 0.15) is 5.66 Å². The SMILES string of the molecule is CC[C@@]1(C(C)C)NC(=S)N(c2ccccc2)N1. The van der Waals surface area contributed by atoms with Gasteiger partial charge in [0.15, 0.2) is 5.11 Å². The number of hydrogen-bond donors (Lipinski definition) is 2. The summed E-state index contributed by atoms with van der Waals surface area (Å²) in [6.45, 7) is 6.55. The van der Waals surface area contributed by atoms with Gasteiger partial charge in [-0.3, -0.25) is 5.01 Å². The Kier molecular flexibility index (Phi) is 3.35. The molecule has 1 aromatic rings.